The monoisotopic (exact) mass is 283 g/mol. The van der Waals surface area contributed by atoms with Crippen molar-refractivity contribution in [3.05, 3.63) is 10.6 Å². The molecular weight excluding hydrogens is 262 g/mol. The van der Waals surface area contributed by atoms with Crippen molar-refractivity contribution in [1.29, 1.82) is 0 Å². The summed E-state index contributed by atoms with van der Waals surface area (Å²) in [5.74, 6) is -0.0687. The number of thiazole rings is 1. The molecule has 19 heavy (non-hydrogen) atoms. The summed E-state index contributed by atoms with van der Waals surface area (Å²) in [5, 5.41) is 3.38. The number of amides is 1. The third-order valence-corrected chi connectivity index (χ3v) is 4.31. The van der Waals surface area contributed by atoms with Crippen LogP contribution in [0.4, 0.5) is 5.13 Å². The third-order valence-electron chi connectivity index (χ3n) is 3.33. The maximum absolute atomic E-state index is 11.9. The first-order chi connectivity index (χ1) is 9.06. The summed E-state index contributed by atoms with van der Waals surface area (Å²) in [4.78, 5) is 21.3. The lowest BCUT2D eigenvalue weighted by Crippen LogP contribution is -2.46. The SMILES string of the molecule is Cc1nc(N)sc1C(=O)NCCN1CCN(C)CC1. The molecule has 0 aromatic carbocycles. The second kappa shape index (κ2) is 6.31. The second-order valence-corrected chi connectivity index (χ2v) is 5.90. The van der Waals surface area contributed by atoms with E-state index in [2.05, 4.69) is 27.1 Å². The minimum atomic E-state index is -0.0687. The van der Waals surface area contributed by atoms with Crippen LogP contribution in [0.3, 0.4) is 0 Å². The first-order valence-corrected chi connectivity index (χ1v) is 7.30. The van der Waals surface area contributed by atoms with Crippen LogP contribution in [0.2, 0.25) is 0 Å². The molecule has 0 aliphatic carbocycles. The Morgan fingerprint density at radius 1 is 1.42 bits per heavy atom. The maximum atomic E-state index is 11.9. The van der Waals surface area contributed by atoms with E-state index in [1.807, 2.05) is 6.92 Å². The molecule has 1 aliphatic heterocycles. The fourth-order valence-corrected chi connectivity index (χ4v) is 2.86. The Balaban J connectivity index is 1.74. The number of anilines is 1. The summed E-state index contributed by atoms with van der Waals surface area (Å²) >= 11 is 1.24. The van der Waals surface area contributed by atoms with Crippen molar-refractivity contribution in [1.82, 2.24) is 20.1 Å². The topological polar surface area (TPSA) is 74.5 Å². The van der Waals surface area contributed by atoms with Gasteiger partial charge in [0.2, 0.25) is 0 Å². The number of piperazine rings is 1. The van der Waals surface area contributed by atoms with Crippen LogP contribution >= 0.6 is 11.3 Å². The molecular formula is C12H21N5OS. The number of aromatic nitrogens is 1. The summed E-state index contributed by atoms with van der Waals surface area (Å²) in [6.45, 7) is 7.70. The molecule has 106 valence electrons. The van der Waals surface area contributed by atoms with E-state index in [0.29, 0.717) is 22.2 Å². The Hall–Kier alpha value is -1.18. The van der Waals surface area contributed by atoms with Crippen LogP contribution in [-0.4, -0.2) is 67.0 Å². The Morgan fingerprint density at radius 3 is 2.68 bits per heavy atom. The van der Waals surface area contributed by atoms with Gasteiger partial charge in [0.05, 0.1) is 5.69 Å². The van der Waals surface area contributed by atoms with Crippen molar-refractivity contribution < 1.29 is 4.79 Å². The van der Waals surface area contributed by atoms with Crippen molar-refractivity contribution in [3.8, 4) is 0 Å². The number of aryl methyl sites for hydroxylation is 1. The lowest BCUT2D eigenvalue weighted by atomic mass is 10.3. The van der Waals surface area contributed by atoms with E-state index in [1.165, 1.54) is 11.3 Å². The van der Waals surface area contributed by atoms with Crippen molar-refractivity contribution in [2.75, 3.05) is 52.0 Å². The molecule has 0 bridgehead atoms. The van der Waals surface area contributed by atoms with Crippen molar-refractivity contribution in [3.63, 3.8) is 0 Å². The number of carbonyl (C=O) groups is 1. The van der Waals surface area contributed by atoms with E-state index in [4.69, 9.17) is 5.73 Å². The Bertz CT molecular complexity index is 439. The maximum Gasteiger partial charge on any atom is 0.263 e. The van der Waals surface area contributed by atoms with Crippen LogP contribution in [0.1, 0.15) is 15.4 Å². The zero-order chi connectivity index (χ0) is 13.8. The molecule has 1 aromatic rings. The van der Waals surface area contributed by atoms with E-state index in [1.54, 1.807) is 0 Å². The molecule has 7 heteroatoms. The highest BCUT2D eigenvalue weighted by Gasteiger charge is 2.16. The summed E-state index contributed by atoms with van der Waals surface area (Å²) in [6, 6.07) is 0. The van der Waals surface area contributed by atoms with E-state index in [0.717, 1.165) is 32.7 Å². The molecule has 1 amide bonds. The second-order valence-electron chi connectivity index (χ2n) is 4.87. The van der Waals surface area contributed by atoms with Gasteiger partial charge in [-0.1, -0.05) is 11.3 Å². The van der Waals surface area contributed by atoms with E-state index >= 15 is 0 Å². The average molecular weight is 283 g/mol. The number of nitrogens with one attached hydrogen (secondary N) is 1. The summed E-state index contributed by atoms with van der Waals surface area (Å²) in [7, 11) is 2.14. The van der Waals surface area contributed by atoms with Gasteiger partial charge in [0.15, 0.2) is 5.13 Å². The fraction of sp³-hybridized carbons (Fsp3) is 0.667. The highest BCUT2D eigenvalue weighted by atomic mass is 32.1. The fourth-order valence-electron chi connectivity index (χ4n) is 2.11. The molecule has 6 nitrogen and oxygen atoms in total. The minimum Gasteiger partial charge on any atom is -0.375 e. The van der Waals surface area contributed by atoms with Gasteiger partial charge in [0, 0.05) is 39.3 Å². The molecule has 1 saturated heterocycles. The van der Waals surface area contributed by atoms with Crippen LogP contribution in [0, 0.1) is 6.92 Å². The standard InChI is InChI=1S/C12H21N5OS/c1-9-10(19-12(13)15-9)11(18)14-3-4-17-7-5-16(2)6-8-17/h3-8H2,1-2H3,(H2,13,15)(H,14,18). The van der Waals surface area contributed by atoms with E-state index in [-0.39, 0.29) is 5.91 Å². The number of nitrogens with two attached hydrogens (primary N) is 1. The van der Waals surface area contributed by atoms with Gasteiger partial charge in [-0.05, 0) is 14.0 Å². The number of nitrogens with zero attached hydrogens (tertiary/aromatic N) is 3. The van der Waals surface area contributed by atoms with Gasteiger partial charge in [-0.25, -0.2) is 4.98 Å². The molecule has 0 saturated carbocycles. The highest BCUT2D eigenvalue weighted by Crippen LogP contribution is 2.19. The number of hydrogen-bond acceptors (Lipinski definition) is 6. The molecule has 1 aliphatic rings. The number of hydrogen-bond donors (Lipinski definition) is 2. The molecule has 0 spiro atoms. The predicted molar refractivity (Wildman–Crippen MR) is 77.5 cm³/mol. The zero-order valence-electron chi connectivity index (χ0n) is 11.5. The highest BCUT2D eigenvalue weighted by molar-refractivity contribution is 7.17. The lowest BCUT2D eigenvalue weighted by Gasteiger charge is -2.32. The molecule has 2 rings (SSSR count). The van der Waals surface area contributed by atoms with Gasteiger partial charge in [0.25, 0.3) is 5.91 Å². The van der Waals surface area contributed by atoms with Gasteiger partial charge in [-0.3, -0.25) is 9.69 Å². The number of nitrogen functional groups attached to an aromatic ring is 1. The van der Waals surface area contributed by atoms with Gasteiger partial charge >= 0.3 is 0 Å². The number of likely N-dealkylation sites (N-methyl/N-ethyl adjacent to an activating group) is 1. The quantitative estimate of drug-likeness (QED) is 0.814. The van der Waals surface area contributed by atoms with Crippen LogP contribution in [0.5, 0.6) is 0 Å². The van der Waals surface area contributed by atoms with E-state index < -0.39 is 0 Å². The summed E-state index contributed by atoms with van der Waals surface area (Å²) < 4.78 is 0. The molecule has 1 fully saturated rings. The third kappa shape index (κ3) is 3.89. The molecule has 0 radical (unpaired) electrons. The average Bonchev–Trinajstić information content (AvgIpc) is 2.71. The lowest BCUT2D eigenvalue weighted by molar-refractivity contribution is 0.0944. The molecule has 0 unspecified atom stereocenters. The van der Waals surface area contributed by atoms with Crippen LogP contribution in [0.15, 0.2) is 0 Å². The minimum absolute atomic E-state index is 0.0687. The van der Waals surface area contributed by atoms with Crippen LogP contribution in [0.25, 0.3) is 0 Å². The van der Waals surface area contributed by atoms with E-state index in [9.17, 15) is 4.79 Å². The Kier molecular flexibility index (Phi) is 4.73. The normalized spacial score (nSPS) is 17.6. The first kappa shape index (κ1) is 14.2. The molecule has 2 heterocycles. The van der Waals surface area contributed by atoms with Crippen LogP contribution in [-0.2, 0) is 0 Å². The predicted octanol–water partition coefficient (Wildman–Crippen LogP) is 0.0109. The number of carbonyl (C=O) groups excluding carboxylic acids is 1. The molecule has 0 atom stereocenters. The van der Waals surface area contributed by atoms with Gasteiger partial charge in [-0.2, -0.15) is 0 Å². The van der Waals surface area contributed by atoms with Crippen LogP contribution < -0.4 is 11.1 Å². The largest absolute Gasteiger partial charge is 0.375 e. The van der Waals surface area contributed by atoms with Gasteiger partial charge < -0.3 is 16.0 Å². The Labute approximate surface area is 117 Å². The van der Waals surface area contributed by atoms with Crippen molar-refractivity contribution in [2.24, 2.45) is 0 Å². The zero-order valence-corrected chi connectivity index (χ0v) is 12.3. The molecule has 1 aromatic heterocycles. The first-order valence-electron chi connectivity index (χ1n) is 6.48. The smallest absolute Gasteiger partial charge is 0.263 e. The van der Waals surface area contributed by atoms with Gasteiger partial charge in [0.1, 0.15) is 4.88 Å². The van der Waals surface area contributed by atoms with Crippen molar-refractivity contribution in [2.45, 2.75) is 6.92 Å². The van der Waals surface area contributed by atoms with Crippen molar-refractivity contribution >= 4 is 22.4 Å². The summed E-state index contributed by atoms with van der Waals surface area (Å²) in [5.41, 5.74) is 6.30. The molecule has 3 N–H and O–H groups in total. The number of rotatable bonds is 4. The van der Waals surface area contributed by atoms with Gasteiger partial charge in [-0.15, -0.1) is 0 Å². The summed E-state index contributed by atoms with van der Waals surface area (Å²) in [6.07, 6.45) is 0. The Morgan fingerprint density at radius 2 is 2.11 bits per heavy atom.